The zero-order valence-corrected chi connectivity index (χ0v) is 15.2. The second-order valence-electron chi connectivity index (χ2n) is 6.86. The van der Waals surface area contributed by atoms with E-state index in [1.54, 1.807) is 0 Å². The van der Waals surface area contributed by atoms with Gasteiger partial charge in [-0.1, -0.05) is 42.0 Å². The van der Waals surface area contributed by atoms with Gasteiger partial charge in [0, 0.05) is 23.5 Å². The highest BCUT2D eigenvalue weighted by atomic mass is 16.1. The number of amides is 1. The Hall–Kier alpha value is -2.55. The van der Waals surface area contributed by atoms with Crippen LogP contribution in [0.5, 0.6) is 0 Å². The second kappa shape index (κ2) is 7.56. The molecule has 0 saturated carbocycles. The lowest BCUT2D eigenvalue weighted by Crippen LogP contribution is -2.27. The minimum Gasteiger partial charge on any atom is -0.361 e. The van der Waals surface area contributed by atoms with Gasteiger partial charge in [0.25, 0.3) is 0 Å². The van der Waals surface area contributed by atoms with Crippen LogP contribution in [0, 0.1) is 13.8 Å². The summed E-state index contributed by atoms with van der Waals surface area (Å²) in [5, 5.41) is 4.39. The number of aryl methyl sites for hydroxylation is 3. The van der Waals surface area contributed by atoms with Crippen molar-refractivity contribution in [2.24, 2.45) is 0 Å². The predicted molar refractivity (Wildman–Crippen MR) is 104 cm³/mol. The van der Waals surface area contributed by atoms with E-state index < -0.39 is 0 Å². The van der Waals surface area contributed by atoms with E-state index in [0.29, 0.717) is 6.42 Å². The Balaban J connectivity index is 1.53. The Kier molecular flexibility index (Phi) is 5.22. The summed E-state index contributed by atoms with van der Waals surface area (Å²) in [5.41, 5.74) is 6.08. The average Bonchev–Trinajstić information content (AvgIpc) is 3.00. The van der Waals surface area contributed by atoms with Gasteiger partial charge >= 0.3 is 0 Å². The van der Waals surface area contributed by atoms with Crippen molar-refractivity contribution < 1.29 is 4.79 Å². The number of fused-ring (bicyclic) bond motifs is 1. The smallest absolute Gasteiger partial charge is 0.220 e. The van der Waals surface area contributed by atoms with Gasteiger partial charge in [-0.05, 0) is 56.4 Å². The minimum atomic E-state index is 0.0421. The van der Waals surface area contributed by atoms with Crippen molar-refractivity contribution in [3.63, 3.8) is 0 Å². The topological polar surface area (TPSA) is 44.9 Å². The molecular formula is C22H26N2O. The maximum atomic E-state index is 12.3. The number of aromatic nitrogens is 1. The van der Waals surface area contributed by atoms with Crippen molar-refractivity contribution in [3.05, 3.63) is 70.9 Å². The van der Waals surface area contributed by atoms with Crippen LogP contribution in [0.2, 0.25) is 0 Å². The zero-order chi connectivity index (χ0) is 17.8. The monoisotopic (exact) mass is 334 g/mol. The van der Waals surface area contributed by atoms with Crippen LogP contribution in [-0.4, -0.2) is 10.9 Å². The first-order chi connectivity index (χ1) is 12.0. The molecule has 2 aromatic carbocycles. The molecule has 130 valence electrons. The van der Waals surface area contributed by atoms with Gasteiger partial charge in [-0.15, -0.1) is 0 Å². The summed E-state index contributed by atoms with van der Waals surface area (Å²) in [6, 6.07) is 14.7. The molecular weight excluding hydrogens is 308 g/mol. The van der Waals surface area contributed by atoms with Crippen LogP contribution in [0.15, 0.2) is 48.7 Å². The molecule has 3 nitrogen and oxygen atoms in total. The first-order valence-electron chi connectivity index (χ1n) is 8.96. The van der Waals surface area contributed by atoms with E-state index in [1.165, 1.54) is 27.6 Å². The van der Waals surface area contributed by atoms with Crippen LogP contribution in [-0.2, 0) is 11.2 Å². The van der Waals surface area contributed by atoms with Crippen LogP contribution in [0.4, 0.5) is 0 Å². The molecule has 0 saturated heterocycles. The third-order valence-corrected chi connectivity index (χ3v) is 4.80. The number of para-hydroxylation sites is 1. The number of H-pyrrole nitrogens is 1. The Morgan fingerprint density at radius 2 is 1.96 bits per heavy atom. The van der Waals surface area contributed by atoms with Gasteiger partial charge in [0.1, 0.15) is 0 Å². The van der Waals surface area contributed by atoms with Gasteiger partial charge < -0.3 is 10.3 Å². The number of benzene rings is 2. The van der Waals surface area contributed by atoms with Crippen molar-refractivity contribution in [2.45, 2.75) is 46.1 Å². The molecule has 1 aromatic heterocycles. The van der Waals surface area contributed by atoms with E-state index in [0.717, 1.165) is 18.4 Å². The lowest BCUT2D eigenvalue weighted by atomic mass is 9.99. The van der Waals surface area contributed by atoms with E-state index in [1.807, 2.05) is 6.07 Å². The molecule has 3 rings (SSSR count). The molecule has 0 aliphatic carbocycles. The van der Waals surface area contributed by atoms with Crippen LogP contribution in [0.3, 0.4) is 0 Å². The molecule has 1 unspecified atom stereocenters. The number of aromatic amines is 1. The number of hydrogen-bond acceptors (Lipinski definition) is 1. The summed E-state index contributed by atoms with van der Waals surface area (Å²) in [7, 11) is 0. The van der Waals surface area contributed by atoms with E-state index in [4.69, 9.17) is 0 Å². The molecule has 0 bridgehead atoms. The first-order valence-corrected chi connectivity index (χ1v) is 8.96. The van der Waals surface area contributed by atoms with Crippen molar-refractivity contribution in [1.29, 1.82) is 0 Å². The summed E-state index contributed by atoms with van der Waals surface area (Å²) < 4.78 is 0. The van der Waals surface area contributed by atoms with Gasteiger partial charge in [-0.3, -0.25) is 4.79 Å². The standard InChI is InChI=1S/C22H26N2O/c1-15-11-12-16(2)20(13-15)17(3)24-22(25)10-6-7-18-14-23-21-9-5-4-8-19(18)21/h4-5,8-9,11-14,17,23H,6-7,10H2,1-3H3,(H,24,25). The molecule has 0 aliphatic heterocycles. The van der Waals surface area contributed by atoms with Crippen LogP contribution >= 0.6 is 0 Å². The summed E-state index contributed by atoms with van der Waals surface area (Å²) in [4.78, 5) is 15.6. The molecule has 1 amide bonds. The maximum Gasteiger partial charge on any atom is 0.220 e. The lowest BCUT2D eigenvalue weighted by Gasteiger charge is -2.17. The van der Waals surface area contributed by atoms with Gasteiger partial charge in [0.05, 0.1) is 6.04 Å². The average molecular weight is 334 g/mol. The number of carbonyl (C=O) groups excluding carboxylic acids is 1. The Labute approximate surface area is 149 Å². The Morgan fingerprint density at radius 1 is 1.16 bits per heavy atom. The van der Waals surface area contributed by atoms with Crippen molar-refractivity contribution in [1.82, 2.24) is 10.3 Å². The second-order valence-corrected chi connectivity index (χ2v) is 6.86. The highest BCUT2D eigenvalue weighted by Crippen LogP contribution is 2.21. The van der Waals surface area contributed by atoms with Gasteiger partial charge in [0.2, 0.25) is 5.91 Å². The lowest BCUT2D eigenvalue weighted by molar-refractivity contribution is -0.121. The highest BCUT2D eigenvalue weighted by Gasteiger charge is 2.12. The largest absolute Gasteiger partial charge is 0.361 e. The van der Waals surface area contributed by atoms with E-state index in [2.05, 4.69) is 73.7 Å². The summed E-state index contributed by atoms with van der Waals surface area (Å²) in [6.07, 6.45) is 4.37. The fraction of sp³-hybridized carbons (Fsp3) is 0.318. The van der Waals surface area contributed by atoms with E-state index in [-0.39, 0.29) is 11.9 Å². The normalized spacial score (nSPS) is 12.3. The van der Waals surface area contributed by atoms with E-state index >= 15 is 0 Å². The van der Waals surface area contributed by atoms with Gasteiger partial charge in [-0.25, -0.2) is 0 Å². The quantitative estimate of drug-likeness (QED) is 0.656. The van der Waals surface area contributed by atoms with Crippen molar-refractivity contribution >= 4 is 16.8 Å². The number of hydrogen-bond donors (Lipinski definition) is 2. The maximum absolute atomic E-state index is 12.3. The third kappa shape index (κ3) is 4.11. The van der Waals surface area contributed by atoms with Crippen molar-refractivity contribution in [3.8, 4) is 0 Å². The molecule has 25 heavy (non-hydrogen) atoms. The Bertz CT molecular complexity index is 879. The van der Waals surface area contributed by atoms with Crippen LogP contribution in [0.1, 0.15) is 48.1 Å². The molecule has 3 heteroatoms. The molecule has 3 aromatic rings. The Morgan fingerprint density at radius 3 is 2.80 bits per heavy atom. The number of nitrogens with one attached hydrogen (secondary N) is 2. The first kappa shape index (κ1) is 17.3. The SMILES string of the molecule is Cc1ccc(C)c(C(C)NC(=O)CCCc2c[nH]c3ccccc23)c1. The minimum absolute atomic E-state index is 0.0421. The molecule has 0 fully saturated rings. The highest BCUT2D eigenvalue weighted by molar-refractivity contribution is 5.83. The van der Waals surface area contributed by atoms with Gasteiger partial charge in [0.15, 0.2) is 0 Å². The van der Waals surface area contributed by atoms with E-state index in [9.17, 15) is 4.79 Å². The van der Waals surface area contributed by atoms with Gasteiger partial charge in [-0.2, -0.15) is 0 Å². The number of carbonyl (C=O) groups is 1. The third-order valence-electron chi connectivity index (χ3n) is 4.80. The van der Waals surface area contributed by atoms with Crippen LogP contribution in [0.25, 0.3) is 10.9 Å². The van der Waals surface area contributed by atoms with Crippen molar-refractivity contribution in [2.75, 3.05) is 0 Å². The molecule has 0 radical (unpaired) electrons. The van der Waals surface area contributed by atoms with Crippen LogP contribution < -0.4 is 5.32 Å². The molecule has 0 aliphatic rings. The molecule has 1 atom stereocenters. The molecule has 0 spiro atoms. The molecule has 2 N–H and O–H groups in total. The predicted octanol–water partition coefficient (Wildman–Crippen LogP) is 4.98. The summed E-state index contributed by atoms with van der Waals surface area (Å²) in [5.74, 6) is 0.119. The molecule has 1 heterocycles. The fourth-order valence-corrected chi connectivity index (χ4v) is 3.40. The zero-order valence-electron chi connectivity index (χ0n) is 15.2. The number of rotatable bonds is 6. The fourth-order valence-electron chi connectivity index (χ4n) is 3.40. The summed E-state index contributed by atoms with van der Waals surface area (Å²) >= 11 is 0. The summed E-state index contributed by atoms with van der Waals surface area (Å²) in [6.45, 7) is 6.23.